The third-order valence-corrected chi connectivity index (χ3v) is 3.33. The molecule has 18 heavy (non-hydrogen) atoms. The number of anilines is 2. The van der Waals surface area contributed by atoms with Gasteiger partial charge in [0.25, 0.3) is 0 Å². The van der Waals surface area contributed by atoms with E-state index in [9.17, 15) is 0 Å². The number of hydrogen-bond acceptors (Lipinski definition) is 5. The average molecular weight is 250 g/mol. The second-order valence-electron chi connectivity index (χ2n) is 4.78. The summed E-state index contributed by atoms with van der Waals surface area (Å²) in [6, 6.07) is 5.41. The molecule has 1 aromatic rings. The molecule has 1 aliphatic heterocycles. The number of benzene rings is 1. The van der Waals surface area contributed by atoms with Crippen LogP contribution in [0.25, 0.3) is 0 Å². The zero-order valence-corrected chi connectivity index (χ0v) is 10.9. The van der Waals surface area contributed by atoms with Crippen molar-refractivity contribution in [1.29, 1.82) is 0 Å². The van der Waals surface area contributed by atoms with Gasteiger partial charge in [-0.2, -0.15) is 0 Å². The van der Waals surface area contributed by atoms with Crippen LogP contribution in [-0.2, 0) is 0 Å². The largest absolute Gasteiger partial charge is 0.492 e. The van der Waals surface area contributed by atoms with Gasteiger partial charge in [-0.25, -0.2) is 0 Å². The molecule has 0 bridgehead atoms. The van der Waals surface area contributed by atoms with Crippen LogP contribution in [0.2, 0.25) is 0 Å². The van der Waals surface area contributed by atoms with Gasteiger partial charge in [0.2, 0.25) is 0 Å². The molecule has 1 aromatic carbocycles. The van der Waals surface area contributed by atoms with Crippen LogP contribution in [0.5, 0.6) is 5.75 Å². The number of ether oxygens (including phenoxy) is 1. The van der Waals surface area contributed by atoms with Crippen molar-refractivity contribution in [3.63, 3.8) is 0 Å². The van der Waals surface area contributed by atoms with Gasteiger partial charge in [0.05, 0.1) is 11.4 Å². The lowest BCUT2D eigenvalue weighted by atomic mass is 10.2. The van der Waals surface area contributed by atoms with E-state index >= 15 is 0 Å². The zero-order chi connectivity index (χ0) is 13.0. The van der Waals surface area contributed by atoms with Crippen LogP contribution in [-0.4, -0.2) is 56.2 Å². The summed E-state index contributed by atoms with van der Waals surface area (Å²) >= 11 is 0. The van der Waals surface area contributed by atoms with Crippen LogP contribution in [0.3, 0.4) is 0 Å². The summed E-state index contributed by atoms with van der Waals surface area (Å²) in [6.07, 6.45) is 0. The number of piperazine rings is 1. The maximum Gasteiger partial charge on any atom is 0.121 e. The highest BCUT2D eigenvalue weighted by Crippen LogP contribution is 2.21. The number of rotatable bonds is 4. The molecule has 1 aliphatic rings. The highest BCUT2D eigenvalue weighted by molar-refractivity contribution is 5.65. The van der Waals surface area contributed by atoms with Crippen molar-refractivity contribution in [2.24, 2.45) is 0 Å². The van der Waals surface area contributed by atoms with Crippen LogP contribution in [0.15, 0.2) is 18.2 Å². The third-order valence-electron chi connectivity index (χ3n) is 3.33. The van der Waals surface area contributed by atoms with Crippen molar-refractivity contribution in [2.45, 2.75) is 0 Å². The molecule has 5 heteroatoms. The minimum absolute atomic E-state index is 0.576. The Balaban J connectivity index is 1.73. The van der Waals surface area contributed by atoms with Gasteiger partial charge in [0.15, 0.2) is 0 Å². The standard InChI is InChI=1S/C13H22N4O/c1-16-4-6-17(7-5-16)8-9-18-11-2-3-12(14)13(15)10-11/h2-3,10H,4-9,14-15H2,1H3. The van der Waals surface area contributed by atoms with Gasteiger partial charge in [-0.1, -0.05) is 0 Å². The summed E-state index contributed by atoms with van der Waals surface area (Å²) in [6.45, 7) is 6.14. The first-order valence-electron chi connectivity index (χ1n) is 6.34. The normalized spacial score (nSPS) is 17.8. The van der Waals surface area contributed by atoms with Crippen molar-refractivity contribution in [2.75, 3.05) is 57.8 Å². The lowest BCUT2D eigenvalue weighted by Crippen LogP contribution is -2.45. The molecule has 0 aliphatic carbocycles. The number of nitrogens with two attached hydrogens (primary N) is 2. The summed E-state index contributed by atoms with van der Waals surface area (Å²) in [5.41, 5.74) is 12.6. The molecule has 1 fully saturated rings. The van der Waals surface area contributed by atoms with Crippen molar-refractivity contribution >= 4 is 11.4 Å². The maximum absolute atomic E-state index is 5.73. The van der Waals surface area contributed by atoms with Gasteiger partial charge >= 0.3 is 0 Å². The molecule has 0 amide bonds. The van der Waals surface area contributed by atoms with Gasteiger partial charge in [-0.05, 0) is 19.2 Å². The summed E-state index contributed by atoms with van der Waals surface area (Å²) < 4.78 is 5.68. The molecular weight excluding hydrogens is 228 g/mol. The lowest BCUT2D eigenvalue weighted by molar-refractivity contribution is 0.134. The van der Waals surface area contributed by atoms with Crippen LogP contribution < -0.4 is 16.2 Å². The molecule has 1 heterocycles. The Bertz CT molecular complexity index is 389. The number of hydrogen-bond donors (Lipinski definition) is 2. The smallest absolute Gasteiger partial charge is 0.121 e. The van der Waals surface area contributed by atoms with E-state index in [1.807, 2.05) is 6.07 Å². The van der Waals surface area contributed by atoms with E-state index in [1.165, 1.54) is 0 Å². The molecular formula is C13H22N4O. The Morgan fingerprint density at radius 3 is 2.50 bits per heavy atom. The van der Waals surface area contributed by atoms with Crippen LogP contribution >= 0.6 is 0 Å². The zero-order valence-electron chi connectivity index (χ0n) is 10.9. The van der Waals surface area contributed by atoms with Gasteiger partial charge in [0.1, 0.15) is 12.4 Å². The second kappa shape index (κ2) is 5.93. The molecule has 0 saturated carbocycles. The first-order chi connectivity index (χ1) is 8.65. The quantitative estimate of drug-likeness (QED) is 0.761. The molecule has 5 nitrogen and oxygen atoms in total. The Labute approximate surface area is 108 Å². The van der Waals surface area contributed by atoms with E-state index in [4.69, 9.17) is 16.2 Å². The van der Waals surface area contributed by atoms with E-state index in [0.29, 0.717) is 18.0 Å². The molecule has 4 N–H and O–H groups in total. The number of nitrogen functional groups attached to an aromatic ring is 2. The topological polar surface area (TPSA) is 67.8 Å². The Morgan fingerprint density at radius 1 is 1.11 bits per heavy atom. The van der Waals surface area contributed by atoms with Gasteiger partial charge in [0, 0.05) is 38.8 Å². The van der Waals surface area contributed by atoms with Crippen LogP contribution in [0.1, 0.15) is 0 Å². The fourth-order valence-corrected chi connectivity index (χ4v) is 2.01. The van der Waals surface area contributed by atoms with E-state index in [2.05, 4.69) is 16.8 Å². The monoisotopic (exact) mass is 250 g/mol. The SMILES string of the molecule is CN1CCN(CCOc2ccc(N)c(N)c2)CC1. The molecule has 100 valence electrons. The van der Waals surface area contributed by atoms with Crippen molar-refractivity contribution in [3.05, 3.63) is 18.2 Å². The minimum atomic E-state index is 0.576. The lowest BCUT2D eigenvalue weighted by Gasteiger charge is -2.32. The van der Waals surface area contributed by atoms with Crippen molar-refractivity contribution in [3.8, 4) is 5.75 Å². The first kappa shape index (κ1) is 13.0. The molecule has 0 unspecified atom stereocenters. The van der Waals surface area contributed by atoms with Crippen LogP contribution in [0.4, 0.5) is 11.4 Å². The predicted octanol–water partition coefficient (Wildman–Crippen LogP) is 0.477. The Kier molecular flexibility index (Phi) is 4.28. The highest BCUT2D eigenvalue weighted by atomic mass is 16.5. The van der Waals surface area contributed by atoms with Gasteiger partial charge in [-0.3, -0.25) is 4.90 Å². The molecule has 0 aromatic heterocycles. The van der Waals surface area contributed by atoms with E-state index in [0.717, 1.165) is 38.5 Å². The number of nitrogens with zero attached hydrogens (tertiary/aromatic N) is 2. The maximum atomic E-state index is 5.73. The van der Waals surface area contributed by atoms with Crippen molar-refractivity contribution < 1.29 is 4.74 Å². The molecule has 0 radical (unpaired) electrons. The summed E-state index contributed by atoms with van der Waals surface area (Å²) in [5, 5.41) is 0. The summed E-state index contributed by atoms with van der Waals surface area (Å²) in [5.74, 6) is 0.788. The summed E-state index contributed by atoms with van der Waals surface area (Å²) in [4.78, 5) is 4.76. The Hall–Kier alpha value is -1.46. The second-order valence-corrected chi connectivity index (χ2v) is 4.78. The molecule has 0 atom stereocenters. The van der Waals surface area contributed by atoms with Gasteiger partial charge in [-0.15, -0.1) is 0 Å². The predicted molar refractivity (Wildman–Crippen MR) is 74.7 cm³/mol. The third kappa shape index (κ3) is 3.51. The van der Waals surface area contributed by atoms with Gasteiger partial charge < -0.3 is 21.1 Å². The van der Waals surface area contributed by atoms with E-state index in [1.54, 1.807) is 12.1 Å². The van der Waals surface area contributed by atoms with Crippen LogP contribution in [0, 0.1) is 0 Å². The van der Waals surface area contributed by atoms with E-state index in [-0.39, 0.29) is 0 Å². The first-order valence-corrected chi connectivity index (χ1v) is 6.34. The highest BCUT2D eigenvalue weighted by Gasteiger charge is 2.13. The number of likely N-dealkylation sites (N-methyl/N-ethyl adjacent to an activating group) is 1. The van der Waals surface area contributed by atoms with Crippen molar-refractivity contribution in [1.82, 2.24) is 9.80 Å². The van der Waals surface area contributed by atoms with E-state index < -0.39 is 0 Å². The minimum Gasteiger partial charge on any atom is -0.492 e. The Morgan fingerprint density at radius 2 is 1.83 bits per heavy atom. The molecule has 1 saturated heterocycles. The fraction of sp³-hybridized carbons (Fsp3) is 0.538. The average Bonchev–Trinajstić information content (AvgIpc) is 2.36. The molecule has 0 spiro atoms. The molecule has 2 rings (SSSR count). The summed E-state index contributed by atoms with van der Waals surface area (Å²) in [7, 11) is 2.16. The fourth-order valence-electron chi connectivity index (χ4n) is 2.01.